The second-order valence-electron chi connectivity index (χ2n) is 4.48. The minimum Gasteiger partial charge on any atom is -0.348 e. The molecule has 0 aliphatic carbocycles. The summed E-state index contributed by atoms with van der Waals surface area (Å²) >= 11 is 0. The van der Waals surface area contributed by atoms with Crippen molar-refractivity contribution >= 4 is 5.91 Å². The lowest BCUT2D eigenvalue weighted by Gasteiger charge is -2.17. The Morgan fingerprint density at radius 3 is 2.90 bits per heavy atom. The Labute approximate surface area is 116 Å². The van der Waals surface area contributed by atoms with Crippen LogP contribution in [0.25, 0.3) is 0 Å². The molecule has 0 saturated carbocycles. The van der Waals surface area contributed by atoms with Gasteiger partial charge in [-0.25, -0.2) is 4.39 Å². The normalized spacial score (nSPS) is 12.1. The first-order chi connectivity index (χ1) is 9.70. The average Bonchev–Trinajstić information content (AvgIpc) is 2.97. The highest BCUT2D eigenvalue weighted by Crippen LogP contribution is 2.16. The summed E-state index contributed by atoms with van der Waals surface area (Å²) in [5.41, 5.74) is 6.98. The number of carbonyl (C=O) groups excluding carboxylic acids is 1. The molecule has 5 nitrogen and oxygen atoms in total. The number of halogens is 1. The van der Waals surface area contributed by atoms with Gasteiger partial charge in [0.15, 0.2) is 0 Å². The van der Waals surface area contributed by atoms with Gasteiger partial charge in [0, 0.05) is 24.7 Å². The number of nitrogens with two attached hydrogens (primary N) is 1. The van der Waals surface area contributed by atoms with Gasteiger partial charge in [0.25, 0.3) is 0 Å². The van der Waals surface area contributed by atoms with Crippen LogP contribution in [0.5, 0.6) is 0 Å². The van der Waals surface area contributed by atoms with Crippen LogP contribution in [-0.4, -0.2) is 22.6 Å². The Kier molecular flexibility index (Phi) is 4.84. The lowest BCUT2D eigenvalue weighted by Crippen LogP contribution is -2.34. The molecule has 4 N–H and O–H groups in total. The lowest BCUT2D eigenvalue weighted by molar-refractivity contribution is -0.121. The Morgan fingerprint density at radius 1 is 1.45 bits per heavy atom. The largest absolute Gasteiger partial charge is 0.348 e. The maximum absolute atomic E-state index is 13.7. The van der Waals surface area contributed by atoms with E-state index in [4.69, 9.17) is 5.73 Å². The van der Waals surface area contributed by atoms with Gasteiger partial charge < -0.3 is 11.1 Å². The molecule has 0 spiro atoms. The van der Waals surface area contributed by atoms with E-state index in [1.807, 2.05) is 0 Å². The van der Waals surface area contributed by atoms with E-state index in [1.165, 1.54) is 6.07 Å². The van der Waals surface area contributed by atoms with Crippen molar-refractivity contribution in [3.05, 3.63) is 53.6 Å². The summed E-state index contributed by atoms with van der Waals surface area (Å²) in [6.45, 7) is 0.151. The van der Waals surface area contributed by atoms with Crippen molar-refractivity contribution in [3.63, 3.8) is 0 Å². The predicted octanol–water partition coefficient (Wildman–Crippen LogP) is 1.30. The van der Waals surface area contributed by atoms with Crippen molar-refractivity contribution in [1.82, 2.24) is 15.5 Å². The monoisotopic (exact) mass is 276 g/mol. The van der Waals surface area contributed by atoms with Crippen LogP contribution in [-0.2, 0) is 11.2 Å². The number of nitrogens with one attached hydrogen (secondary N) is 2. The van der Waals surface area contributed by atoms with E-state index >= 15 is 0 Å². The van der Waals surface area contributed by atoms with Crippen LogP contribution in [0.2, 0.25) is 0 Å². The van der Waals surface area contributed by atoms with Crippen LogP contribution in [0.1, 0.15) is 23.6 Å². The van der Waals surface area contributed by atoms with Crippen molar-refractivity contribution in [1.29, 1.82) is 0 Å². The molecule has 1 aromatic carbocycles. The Hall–Kier alpha value is -2.21. The minimum absolute atomic E-state index is 0.151. The van der Waals surface area contributed by atoms with Crippen molar-refractivity contribution in [3.8, 4) is 0 Å². The van der Waals surface area contributed by atoms with Gasteiger partial charge in [0.05, 0.1) is 12.2 Å². The molecule has 1 amide bonds. The zero-order valence-corrected chi connectivity index (χ0v) is 11.0. The maximum atomic E-state index is 13.7. The summed E-state index contributed by atoms with van der Waals surface area (Å²) in [4.78, 5) is 11.9. The second-order valence-corrected chi connectivity index (χ2v) is 4.48. The van der Waals surface area contributed by atoms with Crippen LogP contribution in [0, 0.1) is 5.82 Å². The summed E-state index contributed by atoms with van der Waals surface area (Å²) in [6, 6.07) is 5.80. The van der Waals surface area contributed by atoms with E-state index in [9.17, 15) is 9.18 Å². The molecule has 1 heterocycles. The molecule has 1 atom stereocenters. The van der Waals surface area contributed by atoms with E-state index < -0.39 is 6.04 Å². The summed E-state index contributed by atoms with van der Waals surface area (Å²) in [7, 11) is 0. The number of H-pyrrole nitrogens is 1. The molecular formula is C14H17FN4O. The van der Waals surface area contributed by atoms with Gasteiger partial charge in [-0.3, -0.25) is 9.89 Å². The van der Waals surface area contributed by atoms with Crippen LogP contribution < -0.4 is 11.1 Å². The fraction of sp³-hybridized carbons (Fsp3) is 0.286. The number of carbonyl (C=O) groups is 1. The highest BCUT2D eigenvalue weighted by atomic mass is 19.1. The highest BCUT2D eigenvalue weighted by Gasteiger charge is 2.16. The van der Waals surface area contributed by atoms with Gasteiger partial charge in [-0.15, -0.1) is 0 Å². The summed E-state index contributed by atoms with van der Waals surface area (Å²) < 4.78 is 13.7. The lowest BCUT2D eigenvalue weighted by atomic mass is 10.1. The molecular weight excluding hydrogens is 259 g/mol. The van der Waals surface area contributed by atoms with E-state index in [1.54, 1.807) is 30.6 Å². The number of aryl methyl sites for hydroxylation is 1. The van der Waals surface area contributed by atoms with Crippen molar-refractivity contribution in [2.45, 2.75) is 18.9 Å². The first-order valence-electron chi connectivity index (χ1n) is 6.42. The first kappa shape index (κ1) is 14.2. The molecule has 0 aliphatic heterocycles. The molecule has 1 unspecified atom stereocenters. The molecule has 0 radical (unpaired) electrons. The smallest absolute Gasteiger partial charge is 0.220 e. The molecule has 1 aromatic heterocycles. The average molecular weight is 276 g/mol. The van der Waals surface area contributed by atoms with Crippen molar-refractivity contribution < 1.29 is 9.18 Å². The molecule has 2 rings (SSSR count). The molecule has 0 fully saturated rings. The second kappa shape index (κ2) is 6.81. The molecule has 0 saturated heterocycles. The van der Waals surface area contributed by atoms with Crippen LogP contribution in [0.4, 0.5) is 4.39 Å². The molecule has 106 valence electrons. The Bertz CT molecular complexity index is 556. The van der Waals surface area contributed by atoms with Gasteiger partial charge in [0.2, 0.25) is 5.91 Å². The van der Waals surface area contributed by atoms with Gasteiger partial charge in [0.1, 0.15) is 5.82 Å². The summed E-state index contributed by atoms with van der Waals surface area (Å²) in [6.07, 6.45) is 4.30. The third-order valence-corrected chi connectivity index (χ3v) is 3.05. The van der Waals surface area contributed by atoms with Crippen LogP contribution >= 0.6 is 0 Å². The Morgan fingerprint density at radius 2 is 2.25 bits per heavy atom. The fourth-order valence-corrected chi connectivity index (χ4v) is 1.96. The van der Waals surface area contributed by atoms with Gasteiger partial charge in [-0.05, 0) is 18.1 Å². The first-order valence-corrected chi connectivity index (χ1v) is 6.42. The number of aromatic amines is 1. The summed E-state index contributed by atoms with van der Waals surface area (Å²) in [5.74, 6) is -0.525. The van der Waals surface area contributed by atoms with Crippen molar-refractivity contribution in [2.24, 2.45) is 5.73 Å². The van der Waals surface area contributed by atoms with E-state index in [-0.39, 0.29) is 18.3 Å². The summed E-state index contributed by atoms with van der Waals surface area (Å²) in [5, 5.41) is 9.25. The third-order valence-electron chi connectivity index (χ3n) is 3.05. The SMILES string of the molecule is NCC(NC(=O)CCc1cn[nH]c1)c1ccccc1F. The molecule has 2 aromatic rings. The zero-order valence-electron chi connectivity index (χ0n) is 11.0. The van der Waals surface area contributed by atoms with E-state index in [0.29, 0.717) is 18.4 Å². The number of rotatable bonds is 6. The third kappa shape index (κ3) is 3.64. The standard InChI is InChI=1S/C14H17FN4O/c15-12-4-2-1-3-11(12)13(7-16)19-14(20)6-5-10-8-17-18-9-10/h1-4,8-9,13H,5-7,16H2,(H,17,18)(H,19,20). The molecule has 20 heavy (non-hydrogen) atoms. The van der Waals surface area contributed by atoms with E-state index in [2.05, 4.69) is 15.5 Å². The number of hydrogen-bond donors (Lipinski definition) is 3. The zero-order chi connectivity index (χ0) is 14.4. The predicted molar refractivity (Wildman–Crippen MR) is 73.2 cm³/mol. The highest BCUT2D eigenvalue weighted by molar-refractivity contribution is 5.76. The van der Waals surface area contributed by atoms with Gasteiger partial charge >= 0.3 is 0 Å². The minimum atomic E-state index is -0.506. The van der Waals surface area contributed by atoms with Crippen LogP contribution in [0.15, 0.2) is 36.7 Å². The molecule has 0 aliphatic rings. The molecule has 0 bridgehead atoms. The quantitative estimate of drug-likeness (QED) is 0.743. The van der Waals surface area contributed by atoms with Crippen LogP contribution in [0.3, 0.4) is 0 Å². The number of amides is 1. The maximum Gasteiger partial charge on any atom is 0.220 e. The van der Waals surface area contributed by atoms with Crippen molar-refractivity contribution in [2.75, 3.05) is 6.54 Å². The fourth-order valence-electron chi connectivity index (χ4n) is 1.96. The number of aromatic nitrogens is 2. The number of hydrogen-bond acceptors (Lipinski definition) is 3. The van der Waals surface area contributed by atoms with Gasteiger partial charge in [-0.2, -0.15) is 5.10 Å². The van der Waals surface area contributed by atoms with E-state index in [0.717, 1.165) is 5.56 Å². The van der Waals surface area contributed by atoms with Gasteiger partial charge in [-0.1, -0.05) is 18.2 Å². The topological polar surface area (TPSA) is 83.8 Å². The Balaban J connectivity index is 1.93. The number of benzene rings is 1. The molecule has 6 heteroatoms. The number of nitrogens with zero attached hydrogens (tertiary/aromatic N) is 1.